The molecule has 0 aromatic heterocycles. The number of fused-ring (bicyclic) bond motifs is 1. The normalized spacial score (nSPS) is 48.0. The summed E-state index contributed by atoms with van der Waals surface area (Å²) in [4.78, 5) is 0. The third kappa shape index (κ3) is 2.24. The van der Waals surface area contributed by atoms with Crippen LogP contribution in [-0.2, 0) is 10.8 Å². The molecule has 8 aliphatic carbocycles. The van der Waals surface area contributed by atoms with E-state index in [2.05, 4.69) is 36.4 Å². The quantitative estimate of drug-likeness (QED) is 0.486. The molecule has 8 fully saturated rings. The molecule has 8 aliphatic rings. The van der Waals surface area contributed by atoms with Gasteiger partial charge in [-0.2, -0.15) is 0 Å². The Morgan fingerprint density at radius 2 is 0.800 bits per heavy atom. The molecule has 10 rings (SSSR count). The first-order valence-electron chi connectivity index (χ1n) is 13.2. The van der Waals surface area contributed by atoms with Crippen LogP contribution in [-0.4, -0.2) is 0 Å². The third-order valence-corrected chi connectivity index (χ3v) is 11.1. The van der Waals surface area contributed by atoms with Gasteiger partial charge in [0.1, 0.15) is 0 Å². The van der Waals surface area contributed by atoms with Gasteiger partial charge in [0, 0.05) is 0 Å². The molecule has 30 heavy (non-hydrogen) atoms. The van der Waals surface area contributed by atoms with Crippen LogP contribution in [0.4, 0.5) is 0 Å². The van der Waals surface area contributed by atoms with E-state index in [0.29, 0.717) is 10.8 Å². The Morgan fingerprint density at radius 3 is 1.13 bits per heavy atom. The first-order chi connectivity index (χ1) is 14.7. The summed E-state index contributed by atoms with van der Waals surface area (Å²) in [5.74, 6) is 6.16. The first kappa shape index (κ1) is 17.3. The highest BCUT2D eigenvalue weighted by Crippen LogP contribution is 2.64. The van der Waals surface area contributed by atoms with Crippen LogP contribution in [0.3, 0.4) is 0 Å². The van der Waals surface area contributed by atoms with Crippen LogP contribution in [0.25, 0.3) is 10.8 Å². The summed E-state index contributed by atoms with van der Waals surface area (Å²) in [7, 11) is 0. The highest BCUT2D eigenvalue weighted by Gasteiger charge is 2.54. The van der Waals surface area contributed by atoms with Crippen LogP contribution in [0.1, 0.15) is 88.2 Å². The Morgan fingerprint density at radius 1 is 0.467 bits per heavy atom. The average molecular weight is 397 g/mol. The zero-order valence-electron chi connectivity index (χ0n) is 18.4. The summed E-state index contributed by atoms with van der Waals surface area (Å²) in [5.41, 5.74) is 4.61. The molecule has 0 spiro atoms. The monoisotopic (exact) mass is 396 g/mol. The minimum absolute atomic E-state index is 0.507. The van der Waals surface area contributed by atoms with Crippen LogP contribution in [0, 0.1) is 35.5 Å². The Bertz CT molecular complexity index is 876. The van der Waals surface area contributed by atoms with Gasteiger partial charge in [-0.25, -0.2) is 0 Å². The molecule has 0 nitrogen and oxygen atoms in total. The predicted octanol–water partition coefficient (Wildman–Crippen LogP) is 7.78. The molecule has 0 aliphatic heterocycles. The molecule has 0 radical (unpaired) electrons. The van der Waals surface area contributed by atoms with Crippen molar-refractivity contribution in [1.82, 2.24) is 0 Å². The van der Waals surface area contributed by atoms with Crippen molar-refractivity contribution in [1.29, 1.82) is 0 Å². The second-order valence-corrected chi connectivity index (χ2v) is 13.1. The largest absolute Gasteiger partial charge is 0.0613 e. The van der Waals surface area contributed by atoms with Gasteiger partial charge < -0.3 is 0 Å². The van der Waals surface area contributed by atoms with E-state index in [-0.39, 0.29) is 0 Å². The molecular formula is C30H36. The highest BCUT2D eigenvalue weighted by molar-refractivity contribution is 5.91. The minimum Gasteiger partial charge on any atom is -0.0613 e. The Kier molecular flexibility index (Phi) is 3.30. The van der Waals surface area contributed by atoms with Crippen LogP contribution in [0.5, 0.6) is 0 Å². The summed E-state index contributed by atoms with van der Waals surface area (Å²) >= 11 is 0. The fourth-order valence-electron chi connectivity index (χ4n) is 11.1. The van der Waals surface area contributed by atoms with Gasteiger partial charge in [-0.1, -0.05) is 36.4 Å². The standard InChI is InChI=1S/C30H36/c1-3-25-4-2-6-27(30-16-22-10-23(17-30)12-24(11-22)18-30)28(25)26(5-1)29-13-19-7-20(14-29)9-21(8-19)15-29/h1-6,19-24H,7-18H2. The number of hydrogen-bond donors (Lipinski definition) is 0. The zero-order valence-corrected chi connectivity index (χ0v) is 18.4. The predicted molar refractivity (Wildman–Crippen MR) is 124 cm³/mol. The molecule has 0 saturated heterocycles. The Hall–Kier alpha value is -1.30. The van der Waals surface area contributed by atoms with Gasteiger partial charge in [0.25, 0.3) is 0 Å². The second kappa shape index (κ2) is 5.73. The van der Waals surface area contributed by atoms with Gasteiger partial charge in [0.15, 0.2) is 0 Å². The van der Waals surface area contributed by atoms with Crippen molar-refractivity contribution in [2.24, 2.45) is 35.5 Å². The van der Waals surface area contributed by atoms with Crippen molar-refractivity contribution in [2.45, 2.75) is 87.9 Å². The van der Waals surface area contributed by atoms with Gasteiger partial charge in [-0.3, -0.25) is 0 Å². The van der Waals surface area contributed by atoms with E-state index in [4.69, 9.17) is 0 Å². The number of benzene rings is 2. The molecule has 0 unspecified atom stereocenters. The smallest absolute Gasteiger partial charge is 0.00328 e. The molecule has 156 valence electrons. The Labute approximate surface area is 181 Å². The average Bonchev–Trinajstić information content (AvgIpc) is 2.71. The Balaban J connectivity index is 1.34. The van der Waals surface area contributed by atoms with Gasteiger partial charge in [-0.15, -0.1) is 0 Å². The summed E-state index contributed by atoms with van der Waals surface area (Å²) in [6.07, 6.45) is 18.2. The SMILES string of the molecule is c1cc(C23CC4CC(CC(C4)C2)C3)c2c(C34CC5CC(CC(C5)C3)C4)cccc2c1. The van der Waals surface area contributed by atoms with Crippen molar-refractivity contribution >= 4 is 10.8 Å². The van der Waals surface area contributed by atoms with Gasteiger partial charge >= 0.3 is 0 Å². The zero-order chi connectivity index (χ0) is 19.5. The minimum atomic E-state index is 0.507. The van der Waals surface area contributed by atoms with Crippen molar-refractivity contribution in [3.63, 3.8) is 0 Å². The van der Waals surface area contributed by atoms with Crippen LogP contribution in [0.15, 0.2) is 36.4 Å². The summed E-state index contributed by atoms with van der Waals surface area (Å²) in [6.45, 7) is 0. The van der Waals surface area contributed by atoms with Gasteiger partial charge in [0.05, 0.1) is 0 Å². The fraction of sp³-hybridized carbons (Fsp3) is 0.667. The van der Waals surface area contributed by atoms with Gasteiger partial charge in [-0.05, 0) is 145 Å². The lowest BCUT2D eigenvalue weighted by molar-refractivity contribution is -0.00679. The van der Waals surface area contributed by atoms with E-state index in [9.17, 15) is 0 Å². The van der Waals surface area contributed by atoms with Crippen molar-refractivity contribution < 1.29 is 0 Å². The molecule has 0 heterocycles. The molecule has 0 amide bonds. The van der Waals surface area contributed by atoms with E-state index in [1.165, 1.54) is 38.5 Å². The van der Waals surface area contributed by atoms with E-state index >= 15 is 0 Å². The van der Waals surface area contributed by atoms with Gasteiger partial charge in [0.2, 0.25) is 0 Å². The van der Waals surface area contributed by atoms with Crippen molar-refractivity contribution in [2.75, 3.05) is 0 Å². The topological polar surface area (TPSA) is 0 Å². The fourth-order valence-corrected chi connectivity index (χ4v) is 11.1. The molecule has 8 saturated carbocycles. The highest BCUT2D eigenvalue weighted by atomic mass is 14.6. The van der Waals surface area contributed by atoms with E-state index in [0.717, 1.165) is 35.5 Å². The summed E-state index contributed by atoms with van der Waals surface area (Å²) in [6, 6.07) is 14.9. The third-order valence-electron chi connectivity index (χ3n) is 11.1. The van der Waals surface area contributed by atoms with Crippen LogP contribution >= 0.6 is 0 Å². The summed E-state index contributed by atoms with van der Waals surface area (Å²) in [5, 5.41) is 3.29. The van der Waals surface area contributed by atoms with E-state index < -0.39 is 0 Å². The number of hydrogen-bond acceptors (Lipinski definition) is 0. The maximum atomic E-state index is 2.60. The maximum absolute atomic E-state index is 2.60. The van der Waals surface area contributed by atoms with Crippen molar-refractivity contribution in [3.05, 3.63) is 47.5 Å². The number of rotatable bonds is 2. The van der Waals surface area contributed by atoms with Crippen LogP contribution < -0.4 is 0 Å². The summed E-state index contributed by atoms with van der Waals surface area (Å²) < 4.78 is 0. The lowest BCUT2D eigenvalue weighted by Crippen LogP contribution is -2.50. The van der Waals surface area contributed by atoms with E-state index in [1.807, 2.05) is 0 Å². The lowest BCUT2D eigenvalue weighted by Gasteiger charge is -2.59. The molecular weight excluding hydrogens is 360 g/mol. The van der Waals surface area contributed by atoms with E-state index in [1.54, 1.807) is 60.4 Å². The molecule has 0 N–H and O–H groups in total. The molecule has 0 atom stereocenters. The second-order valence-electron chi connectivity index (χ2n) is 13.1. The van der Waals surface area contributed by atoms with Crippen molar-refractivity contribution in [3.8, 4) is 0 Å². The van der Waals surface area contributed by atoms with Crippen LogP contribution in [0.2, 0.25) is 0 Å². The maximum Gasteiger partial charge on any atom is -0.00328 e. The first-order valence-corrected chi connectivity index (χ1v) is 13.2. The lowest BCUT2D eigenvalue weighted by atomic mass is 9.46. The molecule has 2 aromatic carbocycles. The molecule has 2 aromatic rings. The molecule has 8 bridgehead atoms. The molecule has 0 heteroatoms.